The predicted molar refractivity (Wildman–Crippen MR) is 172 cm³/mol. The van der Waals surface area contributed by atoms with E-state index in [0.29, 0.717) is 42.8 Å². The third-order valence-corrected chi connectivity index (χ3v) is 8.22. The standard InChI is InChI=1S/C33H58N3O6S/c1-7-9-11-13-15-21-28(41-32(38)40-25-18-14-16-22-29(37)42-33(3,4)5)36(6)23-19-20-27(26-36)30-31(35-43-34-30)39-24-17-12-10-8-2/h20,28H,7-19,21-26H2,1-6H3/q+1. The number of rotatable bonds is 21. The first-order valence-electron chi connectivity index (χ1n) is 16.6. The van der Waals surface area contributed by atoms with Gasteiger partial charge in [-0.15, -0.1) is 4.37 Å². The lowest BCUT2D eigenvalue weighted by molar-refractivity contribution is -0.947. The molecule has 2 atom stereocenters. The van der Waals surface area contributed by atoms with Crippen LogP contribution in [-0.2, 0) is 19.0 Å². The minimum atomic E-state index is -0.618. The van der Waals surface area contributed by atoms with Crippen LogP contribution in [-0.4, -0.2) is 70.5 Å². The fraction of sp³-hybridized carbons (Fsp3) is 0.818. The molecule has 0 saturated heterocycles. The number of quaternary nitrogens is 1. The number of ether oxygens (including phenoxy) is 4. The van der Waals surface area contributed by atoms with E-state index in [1.54, 1.807) is 0 Å². The van der Waals surface area contributed by atoms with Crippen molar-refractivity contribution in [3.05, 3.63) is 11.8 Å². The first-order chi connectivity index (χ1) is 20.6. The van der Waals surface area contributed by atoms with Gasteiger partial charge in [-0.25, -0.2) is 4.79 Å². The monoisotopic (exact) mass is 624 g/mol. The van der Waals surface area contributed by atoms with Crippen molar-refractivity contribution in [1.82, 2.24) is 8.75 Å². The van der Waals surface area contributed by atoms with Gasteiger partial charge in [-0.3, -0.25) is 9.28 Å². The topological polar surface area (TPSA) is 96.8 Å². The molecule has 1 aromatic heterocycles. The van der Waals surface area contributed by atoms with Crippen LogP contribution in [0.2, 0.25) is 0 Å². The molecule has 246 valence electrons. The van der Waals surface area contributed by atoms with Gasteiger partial charge in [0.25, 0.3) is 5.88 Å². The van der Waals surface area contributed by atoms with E-state index in [4.69, 9.17) is 18.9 Å². The molecule has 1 aliphatic heterocycles. The molecular formula is C33H58N3O6S+. The molecule has 0 amide bonds. The molecule has 0 saturated carbocycles. The number of hydrogen-bond acceptors (Lipinski definition) is 9. The zero-order valence-corrected chi connectivity index (χ0v) is 28.6. The Morgan fingerprint density at radius 1 is 0.930 bits per heavy atom. The molecule has 10 heteroatoms. The number of unbranched alkanes of at least 4 members (excludes halogenated alkanes) is 9. The van der Waals surface area contributed by atoms with Crippen molar-refractivity contribution >= 4 is 29.4 Å². The highest BCUT2D eigenvalue weighted by Crippen LogP contribution is 2.33. The number of esters is 1. The van der Waals surface area contributed by atoms with E-state index in [0.717, 1.165) is 62.8 Å². The van der Waals surface area contributed by atoms with Crippen LogP contribution in [0.25, 0.3) is 5.57 Å². The zero-order chi connectivity index (χ0) is 31.6. The summed E-state index contributed by atoms with van der Waals surface area (Å²) in [6.07, 6.45) is 15.8. The molecule has 0 aromatic carbocycles. The number of carbonyl (C=O) groups excluding carboxylic acids is 2. The second-order valence-electron chi connectivity index (χ2n) is 13.0. The van der Waals surface area contributed by atoms with E-state index < -0.39 is 11.8 Å². The highest BCUT2D eigenvalue weighted by molar-refractivity contribution is 6.99. The zero-order valence-electron chi connectivity index (χ0n) is 27.8. The van der Waals surface area contributed by atoms with Crippen molar-refractivity contribution < 1.29 is 33.0 Å². The SMILES string of the molecule is CCCCCCCC(OC(=O)OCCCCCC(=O)OC(C)(C)C)[N+]1(C)CCC=C(c2nsnc2OCCCCCC)C1. The molecule has 2 rings (SSSR count). The van der Waals surface area contributed by atoms with Crippen molar-refractivity contribution in [3.8, 4) is 5.88 Å². The first-order valence-corrected chi connectivity index (χ1v) is 17.3. The van der Waals surface area contributed by atoms with Crippen molar-refractivity contribution in [2.24, 2.45) is 0 Å². The quantitative estimate of drug-likeness (QED) is 0.0763. The van der Waals surface area contributed by atoms with Gasteiger partial charge in [-0.2, -0.15) is 4.37 Å². The number of carbonyl (C=O) groups is 2. The number of likely N-dealkylation sites (N-methyl/N-ethyl adjacent to an activating group) is 1. The van der Waals surface area contributed by atoms with Crippen molar-refractivity contribution in [2.45, 2.75) is 143 Å². The fourth-order valence-corrected chi connectivity index (χ4v) is 5.85. The molecule has 0 fully saturated rings. The first kappa shape index (κ1) is 37.0. The van der Waals surface area contributed by atoms with Gasteiger partial charge in [0.2, 0.25) is 6.23 Å². The van der Waals surface area contributed by atoms with Crippen LogP contribution < -0.4 is 4.74 Å². The van der Waals surface area contributed by atoms with Crippen LogP contribution in [0.4, 0.5) is 4.79 Å². The Bertz CT molecular complexity index is 976. The number of aromatic nitrogens is 2. The Labute approximate surface area is 264 Å². The lowest BCUT2D eigenvalue weighted by Gasteiger charge is -2.42. The second-order valence-corrected chi connectivity index (χ2v) is 13.5. The number of hydrogen-bond donors (Lipinski definition) is 0. The molecule has 9 nitrogen and oxygen atoms in total. The van der Waals surface area contributed by atoms with Gasteiger partial charge in [0.15, 0.2) is 0 Å². The lowest BCUT2D eigenvalue weighted by atomic mass is 10.0. The summed E-state index contributed by atoms with van der Waals surface area (Å²) < 4.78 is 32.5. The van der Waals surface area contributed by atoms with E-state index in [1.807, 2.05) is 20.8 Å². The van der Waals surface area contributed by atoms with Crippen LogP contribution >= 0.6 is 11.7 Å². The van der Waals surface area contributed by atoms with E-state index in [-0.39, 0.29) is 18.8 Å². The summed E-state index contributed by atoms with van der Waals surface area (Å²) >= 11 is 1.18. The normalized spacial score (nSPS) is 17.7. The summed E-state index contributed by atoms with van der Waals surface area (Å²) in [7, 11) is 2.17. The fourth-order valence-electron chi connectivity index (χ4n) is 5.31. The Kier molecular flexibility index (Phi) is 17.2. The molecule has 1 aliphatic rings. The maximum absolute atomic E-state index is 12.8. The molecule has 0 N–H and O–H groups in total. The van der Waals surface area contributed by atoms with Gasteiger partial charge >= 0.3 is 12.1 Å². The van der Waals surface area contributed by atoms with Crippen LogP contribution in [0.5, 0.6) is 5.88 Å². The smallest absolute Gasteiger partial charge is 0.475 e. The molecule has 0 aliphatic carbocycles. The Hall–Kier alpha value is -2.20. The molecule has 0 spiro atoms. The summed E-state index contributed by atoms with van der Waals surface area (Å²) in [6.45, 7) is 12.5. The van der Waals surface area contributed by atoms with Gasteiger partial charge in [0, 0.05) is 24.8 Å². The summed E-state index contributed by atoms with van der Waals surface area (Å²) in [5, 5.41) is 0. The van der Waals surface area contributed by atoms with Crippen molar-refractivity contribution in [1.29, 1.82) is 0 Å². The van der Waals surface area contributed by atoms with Gasteiger partial charge in [-0.1, -0.05) is 64.9 Å². The molecule has 0 radical (unpaired) electrons. The van der Waals surface area contributed by atoms with E-state index in [2.05, 4.69) is 35.7 Å². The molecule has 2 heterocycles. The summed E-state index contributed by atoms with van der Waals surface area (Å²) in [5.41, 5.74) is 1.45. The van der Waals surface area contributed by atoms with Gasteiger partial charge < -0.3 is 18.9 Å². The third kappa shape index (κ3) is 14.9. The highest BCUT2D eigenvalue weighted by Gasteiger charge is 2.39. The average Bonchev–Trinajstić information content (AvgIpc) is 3.42. The lowest BCUT2D eigenvalue weighted by Crippen LogP contribution is -2.56. The summed E-state index contributed by atoms with van der Waals surface area (Å²) in [6, 6.07) is 0. The molecule has 1 aromatic rings. The second kappa shape index (κ2) is 20.0. The van der Waals surface area contributed by atoms with Gasteiger partial charge in [0.1, 0.15) is 17.8 Å². The largest absolute Gasteiger partial charge is 0.512 e. The third-order valence-electron chi connectivity index (χ3n) is 7.71. The van der Waals surface area contributed by atoms with Crippen molar-refractivity contribution in [2.75, 3.05) is 33.4 Å². The minimum Gasteiger partial charge on any atom is -0.475 e. The predicted octanol–water partition coefficient (Wildman–Crippen LogP) is 8.47. The Morgan fingerprint density at radius 3 is 2.33 bits per heavy atom. The minimum absolute atomic E-state index is 0.194. The maximum atomic E-state index is 12.8. The highest BCUT2D eigenvalue weighted by atomic mass is 32.1. The van der Waals surface area contributed by atoms with E-state index >= 15 is 0 Å². The maximum Gasteiger partial charge on any atom is 0.512 e. The molecular weight excluding hydrogens is 566 g/mol. The van der Waals surface area contributed by atoms with Crippen LogP contribution in [0.1, 0.15) is 137 Å². The Balaban J connectivity index is 1.93. The van der Waals surface area contributed by atoms with Crippen LogP contribution in [0.15, 0.2) is 6.08 Å². The molecule has 2 unspecified atom stereocenters. The average molecular weight is 625 g/mol. The summed E-state index contributed by atoms with van der Waals surface area (Å²) in [4.78, 5) is 24.7. The number of nitrogens with zero attached hydrogens (tertiary/aromatic N) is 3. The van der Waals surface area contributed by atoms with Crippen LogP contribution in [0, 0.1) is 0 Å². The molecule has 43 heavy (non-hydrogen) atoms. The van der Waals surface area contributed by atoms with Crippen LogP contribution in [0.3, 0.4) is 0 Å². The van der Waals surface area contributed by atoms with Gasteiger partial charge in [-0.05, 0) is 52.9 Å². The van der Waals surface area contributed by atoms with Gasteiger partial charge in [0.05, 0.1) is 38.5 Å². The van der Waals surface area contributed by atoms with E-state index in [1.165, 1.54) is 43.8 Å². The van der Waals surface area contributed by atoms with Crippen molar-refractivity contribution in [3.63, 3.8) is 0 Å². The molecule has 0 bridgehead atoms. The Morgan fingerprint density at radius 2 is 1.60 bits per heavy atom. The summed E-state index contributed by atoms with van der Waals surface area (Å²) in [5.74, 6) is 0.421. The van der Waals surface area contributed by atoms with E-state index in [9.17, 15) is 9.59 Å².